The lowest BCUT2D eigenvalue weighted by Gasteiger charge is -2.43. The molecule has 1 saturated heterocycles. The summed E-state index contributed by atoms with van der Waals surface area (Å²) in [6.07, 6.45) is -0.401. The van der Waals surface area contributed by atoms with E-state index < -0.39 is 6.10 Å². The van der Waals surface area contributed by atoms with Gasteiger partial charge in [0, 0.05) is 12.2 Å². The molecule has 1 fully saturated rings. The van der Waals surface area contributed by atoms with Crippen molar-refractivity contribution in [3.63, 3.8) is 0 Å². The van der Waals surface area contributed by atoms with Crippen LogP contribution in [0.1, 0.15) is 32.4 Å². The van der Waals surface area contributed by atoms with Gasteiger partial charge in [-0.1, -0.05) is 12.1 Å². The first-order valence-corrected chi connectivity index (χ1v) is 6.14. The summed E-state index contributed by atoms with van der Waals surface area (Å²) >= 11 is 0. The van der Waals surface area contributed by atoms with E-state index in [1.165, 1.54) is 5.69 Å². The van der Waals surface area contributed by atoms with E-state index in [1.54, 1.807) is 6.92 Å². The molecule has 1 heterocycles. The molecule has 0 bridgehead atoms. The van der Waals surface area contributed by atoms with Crippen molar-refractivity contribution >= 4 is 5.69 Å². The van der Waals surface area contributed by atoms with Crippen molar-refractivity contribution in [2.45, 2.75) is 32.4 Å². The predicted molar refractivity (Wildman–Crippen MR) is 69.3 cm³/mol. The first-order chi connectivity index (χ1) is 8.00. The summed E-state index contributed by atoms with van der Waals surface area (Å²) in [7, 11) is 0. The quantitative estimate of drug-likeness (QED) is 0.854. The van der Waals surface area contributed by atoms with Crippen molar-refractivity contribution in [1.82, 2.24) is 0 Å². The molecule has 94 valence electrons. The molecule has 3 heteroatoms. The second-order valence-corrected chi connectivity index (χ2v) is 5.28. The Morgan fingerprint density at radius 3 is 2.47 bits per heavy atom. The van der Waals surface area contributed by atoms with Gasteiger partial charge in [0.15, 0.2) is 0 Å². The fourth-order valence-electron chi connectivity index (χ4n) is 2.27. The SMILES string of the molecule is C[C@H](O)c1ccc(N2CCOCC2(C)C)cc1. The van der Waals surface area contributed by atoms with Gasteiger partial charge in [-0.05, 0) is 38.5 Å². The van der Waals surface area contributed by atoms with Crippen LogP contribution in [0.4, 0.5) is 5.69 Å². The topological polar surface area (TPSA) is 32.7 Å². The maximum atomic E-state index is 9.49. The normalized spacial score (nSPS) is 21.3. The molecule has 17 heavy (non-hydrogen) atoms. The van der Waals surface area contributed by atoms with Crippen LogP contribution in [0.5, 0.6) is 0 Å². The summed E-state index contributed by atoms with van der Waals surface area (Å²) in [5.41, 5.74) is 2.19. The highest BCUT2D eigenvalue weighted by atomic mass is 16.5. The molecule has 2 rings (SSSR count). The van der Waals surface area contributed by atoms with E-state index in [9.17, 15) is 5.11 Å². The number of aliphatic hydroxyl groups excluding tert-OH is 1. The van der Waals surface area contributed by atoms with Crippen molar-refractivity contribution in [1.29, 1.82) is 0 Å². The number of benzene rings is 1. The van der Waals surface area contributed by atoms with Crippen LogP contribution in [0.3, 0.4) is 0 Å². The summed E-state index contributed by atoms with van der Waals surface area (Å²) in [6.45, 7) is 8.62. The van der Waals surface area contributed by atoms with Gasteiger partial charge in [0.1, 0.15) is 0 Å². The molecule has 1 aromatic carbocycles. The zero-order valence-corrected chi connectivity index (χ0v) is 10.8. The summed E-state index contributed by atoms with van der Waals surface area (Å²) < 4.78 is 5.52. The Morgan fingerprint density at radius 1 is 1.29 bits per heavy atom. The number of nitrogens with zero attached hydrogens (tertiary/aromatic N) is 1. The molecule has 0 amide bonds. The molecule has 0 spiro atoms. The van der Waals surface area contributed by atoms with E-state index in [1.807, 2.05) is 12.1 Å². The third-order valence-electron chi connectivity index (χ3n) is 3.33. The molecule has 0 aliphatic carbocycles. The lowest BCUT2D eigenvalue weighted by atomic mass is 10.0. The standard InChI is InChI=1S/C14H21NO2/c1-11(16)12-4-6-13(7-5-12)15-8-9-17-10-14(15,2)3/h4-7,11,16H,8-10H2,1-3H3/t11-/m0/s1. The second-order valence-electron chi connectivity index (χ2n) is 5.28. The number of hydrogen-bond donors (Lipinski definition) is 1. The van der Waals surface area contributed by atoms with Crippen molar-refractivity contribution in [2.24, 2.45) is 0 Å². The molecule has 1 N–H and O–H groups in total. The third kappa shape index (κ3) is 2.61. The number of morpholine rings is 1. The Labute approximate surface area is 103 Å². The second kappa shape index (κ2) is 4.67. The van der Waals surface area contributed by atoms with E-state index in [-0.39, 0.29) is 5.54 Å². The van der Waals surface area contributed by atoms with Crippen LogP contribution in [-0.4, -0.2) is 30.4 Å². The first-order valence-electron chi connectivity index (χ1n) is 6.14. The predicted octanol–water partition coefficient (Wildman–Crippen LogP) is 2.36. The van der Waals surface area contributed by atoms with Gasteiger partial charge in [0.05, 0.1) is 24.9 Å². The minimum atomic E-state index is -0.401. The Bertz CT molecular complexity index is 370. The van der Waals surface area contributed by atoms with Crippen molar-refractivity contribution in [3.8, 4) is 0 Å². The maximum absolute atomic E-state index is 9.49. The van der Waals surface area contributed by atoms with Gasteiger partial charge in [-0.15, -0.1) is 0 Å². The zero-order valence-electron chi connectivity index (χ0n) is 10.8. The van der Waals surface area contributed by atoms with Crippen LogP contribution in [0.2, 0.25) is 0 Å². The summed E-state index contributed by atoms with van der Waals surface area (Å²) in [4.78, 5) is 2.36. The van der Waals surface area contributed by atoms with Gasteiger partial charge in [-0.2, -0.15) is 0 Å². The van der Waals surface area contributed by atoms with Crippen LogP contribution >= 0.6 is 0 Å². The largest absolute Gasteiger partial charge is 0.389 e. The smallest absolute Gasteiger partial charge is 0.0761 e. The molecule has 0 aromatic heterocycles. The Morgan fingerprint density at radius 2 is 1.94 bits per heavy atom. The fraction of sp³-hybridized carbons (Fsp3) is 0.571. The maximum Gasteiger partial charge on any atom is 0.0761 e. The first kappa shape index (κ1) is 12.4. The Balaban J connectivity index is 2.21. The number of aliphatic hydroxyl groups is 1. The molecule has 0 radical (unpaired) electrons. The number of anilines is 1. The van der Waals surface area contributed by atoms with Crippen LogP contribution < -0.4 is 4.90 Å². The van der Waals surface area contributed by atoms with E-state index >= 15 is 0 Å². The summed E-state index contributed by atoms with van der Waals surface area (Å²) in [5.74, 6) is 0. The monoisotopic (exact) mass is 235 g/mol. The van der Waals surface area contributed by atoms with Gasteiger partial charge in [-0.25, -0.2) is 0 Å². The van der Waals surface area contributed by atoms with Crippen LogP contribution in [0.15, 0.2) is 24.3 Å². The van der Waals surface area contributed by atoms with Crippen molar-refractivity contribution in [3.05, 3.63) is 29.8 Å². The van der Waals surface area contributed by atoms with Crippen LogP contribution in [0.25, 0.3) is 0 Å². The molecule has 1 aromatic rings. The molecule has 3 nitrogen and oxygen atoms in total. The molecule has 1 aliphatic heterocycles. The fourth-order valence-corrected chi connectivity index (χ4v) is 2.27. The minimum absolute atomic E-state index is 0.0323. The van der Waals surface area contributed by atoms with Crippen LogP contribution in [-0.2, 0) is 4.74 Å². The molecule has 0 saturated carbocycles. The van der Waals surface area contributed by atoms with Crippen LogP contribution in [0, 0.1) is 0 Å². The summed E-state index contributed by atoms with van der Waals surface area (Å²) in [5, 5.41) is 9.49. The average molecular weight is 235 g/mol. The summed E-state index contributed by atoms with van der Waals surface area (Å²) in [6, 6.07) is 8.14. The van der Waals surface area contributed by atoms with E-state index in [4.69, 9.17) is 4.74 Å². The Kier molecular flexibility index (Phi) is 3.40. The van der Waals surface area contributed by atoms with E-state index in [0.717, 1.165) is 25.3 Å². The highest BCUT2D eigenvalue weighted by molar-refractivity contribution is 5.50. The Hall–Kier alpha value is -1.06. The molecule has 1 atom stereocenters. The lowest BCUT2D eigenvalue weighted by Crippen LogP contribution is -2.53. The van der Waals surface area contributed by atoms with Gasteiger partial charge < -0.3 is 14.7 Å². The average Bonchev–Trinajstić information content (AvgIpc) is 2.28. The molecular formula is C14H21NO2. The van der Waals surface area contributed by atoms with Gasteiger partial charge in [0.25, 0.3) is 0 Å². The van der Waals surface area contributed by atoms with Gasteiger partial charge >= 0.3 is 0 Å². The van der Waals surface area contributed by atoms with Gasteiger partial charge in [0.2, 0.25) is 0 Å². The minimum Gasteiger partial charge on any atom is -0.389 e. The lowest BCUT2D eigenvalue weighted by molar-refractivity contribution is 0.0644. The van der Waals surface area contributed by atoms with Gasteiger partial charge in [-0.3, -0.25) is 0 Å². The van der Waals surface area contributed by atoms with E-state index in [0.29, 0.717) is 0 Å². The third-order valence-corrected chi connectivity index (χ3v) is 3.33. The number of hydrogen-bond acceptors (Lipinski definition) is 3. The van der Waals surface area contributed by atoms with Crippen molar-refractivity contribution < 1.29 is 9.84 Å². The zero-order chi connectivity index (χ0) is 12.5. The molecule has 1 aliphatic rings. The van der Waals surface area contributed by atoms with Crippen molar-refractivity contribution in [2.75, 3.05) is 24.7 Å². The van der Waals surface area contributed by atoms with E-state index in [2.05, 4.69) is 30.9 Å². The number of rotatable bonds is 2. The molecular weight excluding hydrogens is 214 g/mol. The number of ether oxygens (including phenoxy) is 1. The highest BCUT2D eigenvalue weighted by Gasteiger charge is 2.30. The molecule has 0 unspecified atom stereocenters. The highest BCUT2D eigenvalue weighted by Crippen LogP contribution is 2.27.